The lowest BCUT2D eigenvalue weighted by molar-refractivity contribution is -0.141. The molecule has 3 heterocycles. The van der Waals surface area contributed by atoms with E-state index in [1.54, 1.807) is 0 Å². The van der Waals surface area contributed by atoms with Gasteiger partial charge in [-0.2, -0.15) is 0 Å². The van der Waals surface area contributed by atoms with Crippen LogP contribution in [0.15, 0.2) is 0 Å². The molecule has 3 aliphatic heterocycles. The van der Waals surface area contributed by atoms with Crippen LogP contribution in [0.25, 0.3) is 0 Å². The Morgan fingerprint density at radius 1 is 1.04 bits per heavy atom. The summed E-state index contributed by atoms with van der Waals surface area (Å²) in [6.45, 7) is 7.82. The van der Waals surface area contributed by atoms with Crippen LogP contribution in [-0.4, -0.2) is 73.2 Å². The van der Waals surface area contributed by atoms with E-state index in [2.05, 4.69) is 10.2 Å². The molecular formula is C16H31Cl2N3O2. The number of rotatable bonds is 2. The number of nitrogens with one attached hydrogen (secondary N) is 1. The van der Waals surface area contributed by atoms with Gasteiger partial charge in [-0.05, 0) is 45.7 Å². The summed E-state index contributed by atoms with van der Waals surface area (Å²) < 4.78 is 5.60. The molecule has 3 fully saturated rings. The monoisotopic (exact) mass is 367 g/mol. The lowest BCUT2D eigenvalue weighted by Gasteiger charge is -2.42. The first kappa shape index (κ1) is 21.0. The van der Waals surface area contributed by atoms with Gasteiger partial charge in [0, 0.05) is 25.7 Å². The summed E-state index contributed by atoms with van der Waals surface area (Å²) in [5.41, 5.74) is 0. The van der Waals surface area contributed by atoms with Crippen LogP contribution in [0.5, 0.6) is 0 Å². The number of hydrogen-bond acceptors (Lipinski definition) is 4. The van der Waals surface area contributed by atoms with Crippen molar-refractivity contribution in [2.75, 3.05) is 39.3 Å². The zero-order valence-electron chi connectivity index (χ0n) is 14.0. The predicted molar refractivity (Wildman–Crippen MR) is 96.7 cm³/mol. The number of carbonyl (C=O) groups is 1. The molecule has 3 rings (SSSR count). The van der Waals surface area contributed by atoms with Crippen LogP contribution in [0.3, 0.4) is 0 Å². The second kappa shape index (κ2) is 10.0. The highest BCUT2D eigenvalue weighted by molar-refractivity contribution is 5.85. The highest BCUT2D eigenvalue weighted by Gasteiger charge is 2.34. The SMILES string of the molecule is C[C@H]1OCCN[C@@H]1C(=O)N1CCC(N2CCCCC2)CC1.Cl.Cl. The van der Waals surface area contributed by atoms with E-state index in [9.17, 15) is 4.79 Å². The lowest BCUT2D eigenvalue weighted by atomic mass is 9.99. The quantitative estimate of drug-likeness (QED) is 0.806. The Bertz CT molecular complexity index is 359. The van der Waals surface area contributed by atoms with Crippen molar-refractivity contribution in [1.29, 1.82) is 0 Å². The highest BCUT2D eigenvalue weighted by atomic mass is 35.5. The molecule has 0 bridgehead atoms. The maximum absolute atomic E-state index is 12.6. The first-order valence-electron chi connectivity index (χ1n) is 8.63. The summed E-state index contributed by atoms with van der Waals surface area (Å²) in [6, 6.07) is 0.549. The molecule has 2 atom stereocenters. The van der Waals surface area contributed by atoms with Gasteiger partial charge in [0.2, 0.25) is 5.91 Å². The number of ether oxygens (including phenoxy) is 1. The van der Waals surface area contributed by atoms with Gasteiger partial charge in [-0.3, -0.25) is 4.79 Å². The molecule has 136 valence electrons. The van der Waals surface area contributed by atoms with E-state index in [4.69, 9.17) is 4.74 Å². The number of amides is 1. The molecule has 7 heteroatoms. The molecule has 1 N–H and O–H groups in total. The minimum atomic E-state index is -0.148. The topological polar surface area (TPSA) is 44.8 Å². The van der Waals surface area contributed by atoms with Crippen molar-refractivity contribution in [2.45, 2.75) is 57.2 Å². The number of likely N-dealkylation sites (tertiary alicyclic amines) is 2. The van der Waals surface area contributed by atoms with E-state index in [0.29, 0.717) is 12.6 Å². The molecule has 23 heavy (non-hydrogen) atoms. The number of hydrogen-bond donors (Lipinski definition) is 1. The summed E-state index contributed by atoms with van der Waals surface area (Å²) >= 11 is 0. The normalized spacial score (nSPS) is 30.2. The molecule has 0 radical (unpaired) electrons. The van der Waals surface area contributed by atoms with Gasteiger partial charge in [0.25, 0.3) is 0 Å². The van der Waals surface area contributed by atoms with Crippen LogP contribution < -0.4 is 5.32 Å². The van der Waals surface area contributed by atoms with E-state index < -0.39 is 0 Å². The van der Waals surface area contributed by atoms with Crippen LogP contribution in [0, 0.1) is 0 Å². The zero-order chi connectivity index (χ0) is 14.7. The van der Waals surface area contributed by atoms with Crippen LogP contribution in [0.4, 0.5) is 0 Å². The van der Waals surface area contributed by atoms with Crippen LogP contribution in [-0.2, 0) is 9.53 Å². The fourth-order valence-electron chi connectivity index (χ4n) is 3.94. The van der Waals surface area contributed by atoms with Gasteiger partial charge >= 0.3 is 0 Å². The van der Waals surface area contributed by atoms with Gasteiger partial charge in [0.1, 0.15) is 6.04 Å². The second-order valence-electron chi connectivity index (χ2n) is 6.66. The number of piperidine rings is 2. The van der Waals surface area contributed by atoms with E-state index in [1.165, 1.54) is 32.4 Å². The maximum atomic E-state index is 12.6. The minimum Gasteiger partial charge on any atom is -0.375 e. The zero-order valence-corrected chi connectivity index (χ0v) is 15.7. The van der Waals surface area contributed by atoms with Crippen LogP contribution in [0.1, 0.15) is 39.0 Å². The van der Waals surface area contributed by atoms with Crippen molar-refractivity contribution in [1.82, 2.24) is 15.1 Å². The standard InChI is InChI=1S/C16H29N3O2.2ClH/c1-13-15(17-7-12-21-13)16(20)19-10-5-14(6-11-19)18-8-3-2-4-9-18;;/h13-15,17H,2-12H2,1H3;2*1H/t13-,15+;;/m1../s1. The molecule has 0 saturated carbocycles. The Hall–Kier alpha value is -0.0700. The summed E-state index contributed by atoms with van der Waals surface area (Å²) in [7, 11) is 0. The molecule has 0 aromatic carbocycles. The highest BCUT2D eigenvalue weighted by Crippen LogP contribution is 2.21. The van der Waals surface area contributed by atoms with Gasteiger partial charge in [-0.1, -0.05) is 6.42 Å². The molecule has 3 aliphatic rings. The third-order valence-corrected chi connectivity index (χ3v) is 5.27. The second-order valence-corrected chi connectivity index (χ2v) is 6.66. The first-order valence-corrected chi connectivity index (χ1v) is 8.63. The predicted octanol–water partition coefficient (Wildman–Crippen LogP) is 1.68. The van der Waals surface area contributed by atoms with E-state index >= 15 is 0 Å². The van der Waals surface area contributed by atoms with Crippen molar-refractivity contribution >= 4 is 30.7 Å². The fraction of sp³-hybridized carbons (Fsp3) is 0.938. The van der Waals surface area contributed by atoms with Gasteiger partial charge in [0.05, 0.1) is 12.7 Å². The van der Waals surface area contributed by atoms with Gasteiger partial charge in [0.15, 0.2) is 0 Å². The molecule has 1 amide bonds. The van der Waals surface area contributed by atoms with E-state index in [0.717, 1.165) is 32.5 Å². The largest absolute Gasteiger partial charge is 0.375 e. The Balaban J connectivity index is 0.00000132. The first-order chi connectivity index (χ1) is 10.3. The van der Waals surface area contributed by atoms with Crippen LogP contribution in [0.2, 0.25) is 0 Å². The summed E-state index contributed by atoms with van der Waals surface area (Å²) in [5.74, 6) is 0.235. The number of morpholine rings is 1. The van der Waals surface area contributed by atoms with Crippen molar-refractivity contribution in [3.05, 3.63) is 0 Å². The maximum Gasteiger partial charge on any atom is 0.242 e. The Morgan fingerprint density at radius 2 is 1.70 bits per heavy atom. The van der Waals surface area contributed by atoms with E-state index in [1.807, 2.05) is 11.8 Å². The summed E-state index contributed by atoms with van der Waals surface area (Å²) in [6.07, 6.45) is 6.34. The van der Waals surface area contributed by atoms with E-state index in [-0.39, 0.29) is 42.9 Å². The fourth-order valence-corrected chi connectivity index (χ4v) is 3.94. The average Bonchev–Trinajstić information content (AvgIpc) is 2.56. The molecule has 0 aromatic heterocycles. The van der Waals surface area contributed by atoms with Crippen molar-refractivity contribution in [3.8, 4) is 0 Å². The smallest absolute Gasteiger partial charge is 0.242 e. The third-order valence-electron chi connectivity index (χ3n) is 5.27. The average molecular weight is 368 g/mol. The van der Waals surface area contributed by atoms with Crippen molar-refractivity contribution in [3.63, 3.8) is 0 Å². The molecule has 0 aliphatic carbocycles. The molecule has 0 spiro atoms. The van der Waals surface area contributed by atoms with Crippen molar-refractivity contribution < 1.29 is 9.53 Å². The van der Waals surface area contributed by atoms with Gasteiger partial charge in [-0.25, -0.2) is 0 Å². The molecule has 5 nitrogen and oxygen atoms in total. The Labute approximate surface area is 152 Å². The van der Waals surface area contributed by atoms with Gasteiger partial charge in [-0.15, -0.1) is 24.8 Å². The number of carbonyl (C=O) groups excluding carboxylic acids is 1. The molecule has 0 aromatic rings. The van der Waals surface area contributed by atoms with Gasteiger partial charge < -0.3 is 19.9 Å². The number of nitrogens with zero attached hydrogens (tertiary/aromatic N) is 2. The lowest BCUT2D eigenvalue weighted by Crippen LogP contribution is -2.58. The van der Waals surface area contributed by atoms with Crippen LogP contribution >= 0.6 is 24.8 Å². The summed E-state index contributed by atoms with van der Waals surface area (Å²) in [4.78, 5) is 17.3. The molecular weight excluding hydrogens is 337 g/mol. The minimum absolute atomic E-state index is 0. The van der Waals surface area contributed by atoms with Crippen molar-refractivity contribution in [2.24, 2.45) is 0 Å². The third kappa shape index (κ3) is 5.20. The molecule has 3 saturated heterocycles. The Kier molecular flexibility index (Phi) is 9.16. The Morgan fingerprint density at radius 3 is 2.30 bits per heavy atom. The molecule has 0 unspecified atom stereocenters. The number of halogens is 2. The summed E-state index contributed by atoms with van der Waals surface area (Å²) in [5, 5.41) is 3.31.